The maximum absolute atomic E-state index is 12.3. The van der Waals surface area contributed by atoms with Gasteiger partial charge in [-0.25, -0.2) is 0 Å². The van der Waals surface area contributed by atoms with Crippen LogP contribution in [0.3, 0.4) is 0 Å². The molecule has 2 heterocycles. The molecular formula is C23H34N2O4. The Hall–Kier alpha value is -2.08. The number of nitrogens with zero attached hydrogens (tertiary/aromatic N) is 1. The Labute approximate surface area is 173 Å². The standard InChI is InChI=1S/C23H34N2O4/c1-4-17-8-5-6-12-25(17)13-7-11-24-22(27)16-28-18-9-10-21-19(14-18)20(26)15-23(2,3)29-21/h9-10,14,17H,4-8,11-13,15-16H2,1-3H3,(H,24,27)/t17-/m0/s1. The monoisotopic (exact) mass is 402 g/mol. The number of likely N-dealkylation sites (tertiary alicyclic amines) is 1. The average molecular weight is 403 g/mol. The van der Waals surface area contributed by atoms with Crippen LogP contribution in [-0.4, -0.2) is 54.5 Å². The van der Waals surface area contributed by atoms with E-state index in [0.29, 0.717) is 36.1 Å². The van der Waals surface area contributed by atoms with E-state index < -0.39 is 5.60 Å². The molecule has 0 spiro atoms. The van der Waals surface area contributed by atoms with Crippen molar-refractivity contribution in [1.82, 2.24) is 10.2 Å². The fraction of sp³-hybridized carbons (Fsp3) is 0.652. The predicted octanol–water partition coefficient (Wildman–Crippen LogP) is 3.58. The molecule has 0 radical (unpaired) electrons. The lowest BCUT2D eigenvalue weighted by Gasteiger charge is -2.35. The van der Waals surface area contributed by atoms with Crippen LogP contribution in [0.4, 0.5) is 0 Å². The molecule has 1 aromatic carbocycles. The fourth-order valence-electron chi connectivity index (χ4n) is 4.25. The van der Waals surface area contributed by atoms with Gasteiger partial charge in [0.1, 0.15) is 17.1 Å². The van der Waals surface area contributed by atoms with Crippen molar-refractivity contribution < 1.29 is 19.1 Å². The van der Waals surface area contributed by atoms with E-state index in [1.807, 2.05) is 13.8 Å². The van der Waals surface area contributed by atoms with Gasteiger partial charge in [0.15, 0.2) is 12.4 Å². The Balaban J connectivity index is 1.40. The third-order valence-corrected chi connectivity index (χ3v) is 5.76. The Bertz CT molecular complexity index is 732. The minimum atomic E-state index is -0.488. The van der Waals surface area contributed by atoms with Crippen LogP contribution in [0.5, 0.6) is 11.5 Å². The van der Waals surface area contributed by atoms with Gasteiger partial charge in [0.2, 0.25) is 0 Å². The molecule has 0 unspecified atom stereocenters. The van der Waals surface area contributed by atoms with E-state index in [1.54, 1.807) is 18.2 Å². The number of rotatable bonds is 8. The quantitative estimate of drug-likeness (QED) is 0.673. The average Bonchev–Trinajstić information content (AvgIpc) is 2.69. The first kappa shape index (κ1) is 21.6. The van der Waals surface area contributed by atoms with Crippen molar-refractivity contribution in [2.45, 2.75) is 70.9 Å². The fourth-order valence-corrected chi connectivity index (χ4v) is 4.25. The van der Waals surface area contributed by atoms with E-state index in [1.165, 1.54) is 32.2 Å². The van der Waals surface area contributed by atoms with Gasteiger partial charge in [-0.3, -0.25) is 9.59 Å². The van der Waals surface area contributed by atoms with Crippen LogP contribution in [0.25, 0.3) is 0 Å². The molecule has 0 bridgehead atoms. The Kier molecular flexibility index (Phi) is 7.17. The summed E-state index contributed by atoms with van der Waals surface area (Å²) >= 11 is 0. The smallest absolute Gasteiger partial charge is 0.257 e. The van der Waals surface area contributed by atoms with Crippen LogP contribution < -0.4 is 14.8 Å². The van der Waals surface area contributed by atoms with Crippen molar-refractivity contribution in [2.75, 3.05) is 26.2 Å². The molecule has 6 nitrogen and oxygen atoms in total. The zero-order valence-corrected chi connectivity index (χ0v) is 18.0. The van der Waals surface area contributed by atoms with Crippen LogP contribution in [0, 0.1) is 0 Å². The molecule has 1 aromatic rings. The lowest BCUT2D eigenvalue weighted by Crippen LogP contribution is -2.41. The summed E-state index contributed by atoms with van der Waals surface area (Å²) < 4.78 is 11.4. The highest BCUT2D eigenvalue weighted by Crippen LogP contribution is 2.35. The van der Waals surface area contributed by atoms with Gasteiger partial charge >= 0.3 is 0 Å². The van der Waals surface area contributed by atoms with Gasteiger partial charge in [0.25, 0.3) is 5.91 Å². The molecule has 6 heteroatoms. The van der Waals surface area contributed by atoms with Crippen molar-refractivity contribution in [2.24, 2.45) is 0 Å². The summed E-state index contributed by atoms with van der Waals surface area (Å²) in [4.78, 5) is 27.0. The number of carbonyl (C=O) groups excluding carboxylic acids is 2. The van der Waals surface area contributed by atoms with Crippen LogP contribution >= 0.6 is 0 Å². The number of Topliss-reactive ketones (excluding diaryl/α,β-unsaturated/α-hetero) is 1. The second-order valence-corrected chi connectivity index (χ2v) is 8.71. The normalized spacial score (nSPS) is 21.2. The van der Waals surface area contributed by atoms with Crippen molar-refractivity contribution in [3.8, 4) is 11.5 Å². The maximum atomic E-state index is 12.3. The highest BCUT2D eigenvalue weighted by molar-refractivity contribution is 6.00. The second-order valence-electron chi connectivity index (χ2n) is 8.71. The Morgan fingerprint density at radius 2 is 2.17 bits per heavy atom. The number of ketones is 1. The van der Waals surface area contributed by atoms with E-state index in [0.717, 1.165) is 13.0 Å². The molecule has 0 saturated carbocycles. The summed E-state index contributed by atoms with van der Waals surface area (Å²) in [6.45, 7) is 8.85. The topological polar surface area (TPSA) is 67.9 Å². The first-order chi connectivity index (χ1) is 13.9. The number of carbonyl (C=O) groups is 2. The zero-order valence-electron chi connectivity index (χ0n) is 18.0. The first-order valence-electron chi connectivity index (χ1n) is 10.9. The van der Waals surface area contributed by atoms with Crippen molar-refractivity contribution in [3.05, 3.63) is 23.8 Å². The highest BCUT2D eigenvalue weighted by Gasteiger charge is 2.32. The zero-order chi connectivity index (χ0) is 20.9. The van der Waals surface area contributed by atoms with Gasteiger partial charge in [-0.15, -0.1) is 0 Å². The molecule has 1 fully saturated rings. The van der Waals surface area contributed by atoms with Crippen molar-refractivity contribution >= 4 is 11.7 Å². The number of hydrogen-bond donors (Lipinski definition) is 1. The SMILES string of the molecule is CC[C@H]1CCCCN1CCCNC(=O)COc1ccc2c(c1)C(=O)CC(C)(C)O2. The number of amides is 1. The van der Waals surface area contributed by atoms with E-state index in [9.17, 15) is 9.59 Å². The van der Waals surface area contributed by atoms with E-state index in [2.05, 4.69) is 17.1 Å². The summed E-state index contributed by atoms with van der Waals surface area (Å²) in [5.41, 5.74) is 0.0340. The van der Waals surface area contributed by atoms with E-state index in [-0.39, 0.29) is 18.3 Å². The molecule has 2 aliphatic rings. The third kappa shape index (κ3) is 5.95. The van der Waals surface area contributed by atoms with E-state index in [4.69, 9.17) is 9.47 Å². The molecular weight excluding hydrogens is 368 g/mol. The minimum Gasteiger partial charge on any atom is -0.487 e. The Morgan fingerprint density at radius 3 is 2.97 bits per heavy atom. The first-order valence-corrected chi connectivity index (χ1v) is 10.9. The number of piperidine rings is 1. The van der Waals surface area contributed by atoms with Gasteiger partial charge in [0, 0.05) is 19.1 Å². The molecule has 160 valence electrons. The number of hydrogen-bond acceptors (Lipinski definition) is 5. The largest absolute Gasteiger partial charge is 0.487 e. The highest BCUT2D eigenvalue weighted by atomic mass is 16.5. The van der Waals surface area contributed by atoms with Gasteiger partial charge in [0.05, 0.1) is 12.0 Å². The molecule has 1 atom stereocenters. The maximum Gasteiger partial charge on any atom is 0.257 e. The molecule has 0 aromatic heterocycles. The molecule has 1 saturated heterocycles. The van der Waals surface area contributed by atoms with Crippen molar-refractivity contribution in [1.29, 1.82) is 0 Å². The predicted molar refractivity (Wildman–Crippen MR) is 113 cm³/mol. The summed E-state index contributed by atoms with van der Waals surface area (Å²) in [7, 11) is 0. The van der Waals surface area contributed by atoms with Gasteiger partial charge < -0.3 is 19.7 Å². The minimum absolute atomic E-state index is 0.0363. The van der Waals surface area contributed by atoms with Gasteiger partial charge in [-0.1, -0.05) is 13.3 Å². The Morgan fingerprint density at radius 1 is 1.34 bits per heavy atom. The second kappa shape index (κ2) is 9.61. The summed E-state index contributed by atoms with van der Waals surface area (Å²) in [5.74, 6) is 0.979. The number of nitrogens with one attached hydrogen (secondary N) is 1. The number of fused-ring (bicyclic) bond motifs is 1. The molecule has 1 N–H and O–H groups in total. The molecule has 2 aliphatic heterocycles. The number of ether oxygens (including phenoxy) is 2. The van der Waals surface area contributed by atoms with Gasteiger partial charge in [-0.05, 0) is 64.3 Å². The molecule has 29 heavy (non-hydrogen) atoms. The van der Waals surface area contributed by atoms with Gasteiger partial charge in [-0.2, -0.15) is 0 Å². The summed E-state index contributed by atoms with van der Waals surface area (Å²) in [5, 5.41) is 2.92. The third-order valence-electron chi connectivity index (χ3n) is 5.76. The lowest BCUT2D eigenvalue weighted by atomic mass is 9.93. The summed E-state index contributed by atoms with van der Waals surface area (Å²) in [6, 6.07) is 5.84. The molecule has 3 rings (SSSR count). The molecule has 1 amide bonds. The summed E-state index contributed by atoms with van der Waals surface area (Å²) in [6.07, 6.45) is 6.39. The van der Waals surface area contributed by atoms with E-state index >= 15 is 0 Å². The van der Waals surface area contributed by atoms with Crippen LogP contribution in [-0.2, 0) is 4.79 Å². The number of benzene rings is 1. The van der Waals surface area contributed by atoms with Crippen molar-refractivity contribution in [3.63, 3.8) is 0 Å². The lowest BCUT2D eigenvalue weighted by molar-refractivity contribution is -0.123. The van der Waals surface area contributed by atoms with Crippen LogP contribution in [0.2, 0.25) is 0 Å². The van der Waals surface area contributed by atoms with Crippen LogP contribution in [0.15, 0.2) is 18.2 Å². The molecule has 0 aliphatic carbocycles. The van der Waals surface area contributed by atoms with Crippen LogP contribution in [0.1, 0.15) is 69.7 Å².